The van der Waals surface area contributed by atoms with Crippen LogP contribution in [0.1, 0.15) is 112 Å². The molecule has 0 aliphatic rings. The van der Waals surface area contributed by atoms with Crippen LogP contribution < -0.4 is 0 Å². The summed E-state index contributed by atoms with van der Waals surface area (Å²) in [5.74, 6) is -0.485. The summed E-state index contributed by atoms with van der Waals surface area (Å²) in [7, 11) is 0. The van der Waals surface area contributed by atoms with E-state index in [1.807, 2.05) is 0 Å². The van der Waals surface area contributed by atoms with Gasteiger partial charge in [0.15, 0.2) is 5.79 Å². The summed E-state index contributed by atoms with van der Waals surface area (Å²) in [6.45, 7) is 12.7. The molecule has 0 saturated carbocycles. The Hall–Kier alpha value is -0.380. The third-order valence-electron chi connectivity index (χ3n) is 5.06. The van der Waals surface area contributed by atoms with Gasteiger partial charge in [-0.1, -0.05) is 64.0 Å². The van der Waals surface area contributed by atoms with Crippen molar-refractivity contribution in [1.82, 2.24) is 0 Å². The lowest BCUT2D eigenvalue weighted by Gasteiger charge is -2.36. The first-order valence-corrected chi connectivity index (χ1v) is 11.7. The lowest BCUT2D eigenvalue weighted by atomic mass is 9.97. The molecule has 0 N–H and O–H groups in total. The number of rotatable bonds is 20. The summed E-state index contributed by atoms with van der Waals surface area (Å²) in [6, 6.07) is 0. The maximum Gasteiger partial charge on any atom is 0.170 e. The minimum Gasteiger partial charge on any atom is -0.378 e. The molecule has 0 aliphatic heterocycles. The Labute approximate surface area is 170 Å². The quantitative estimate of drug-likeness (QED) is 0.124. The first kappa shape index (κ1) is 26.6. The summed E-state index contributed by atoms with van der Waals surface area (Å²) in [6.07, 6.45) is 19.0. The average Bonchev–Trinajstić information content (AvgIpc) is 2.65. The van der Waals surface area contributed by atoms with Gasteiger partial charge in [0, 0.05) is 32.7 Å². The van der Waals surface area contributed by atoms with E-state index < -0.39 is 5.79 Å². The predicted octanol–water partition coefficient (Wildman–Crippen LogP) is 7.44. The van der Waals surface area contributed by atoms with Gasteiger partial charge in [-0.2, -0.15) is 0 Å². The van der Waals surface area contributed by atoms with Crippen LogP contribution in [0.15, 0.2) is 12.2 Å². The second-order valence-corrected chi connectivity index (χ2v) is 7.43. The summed E-state index contributed by atoms with van der Waals surface area (Å²) in [4.78, 5) is 0. The van der Waals surface area contributed by atoms with Crippen molar-refractivity contribution in [2.45, 2.75) is 124 Å². The van der Waals surface area contributed by atoms with Crippen molar-refractivity contribution in [3.63, 3.8) is 0 Å². The van der Waals surface area contributed by atoms with Crippen LogP contribution in [0.5, 0.6) is 0 Å². The molecule has 0 aromatic carbocycles. The fraction of sp³-hybridized carbons (Fsp3) is 0.917. The van der Waals surface area contributed by atoms with Crippen LogP contribution in [0.2, 0.25) is 0 Å². The third kappa shape index (κ3) is 14.3. The van der Waals surface area contributed by atoms with Gasteiger partial charge in [0.1, 0.15) is 0 Å². The highest BCUT2D eigenvalue weighted by Gasteiger charge is 2.34. The Balaban J connectivity index is 4.57. The highest BCUT2D eigenvalue weighted by atomic mass is 16.7. The van der Waals surface area contributed by atoms with Crippen molar-refractivity contribution in [1.29, 1.82) is 0 Å². The standard InChI is InChI=1S/C24H48O3/c1-6-11-13-14-15-16-17-19-21-24(26-9-4,27-10-5)22-23(25-8-3)20-18-12-7-2/h7,12,23H,6,8-11,13-22H2,1-5H3/b12-7-. The number of hydrogen-bond acceptors (Lipinski definition) is 3. The van der Waals surface area contributed by atoms with E-state index in [-0.39, 0.29) is 6.10 Å². The molecule has 0 bridgehead atoms. The normalized spacial score (nSPS) is 13.5. The number of hydrogen-bond donors (Lipinski definition) is 0. The number of unbranched alkanes of at least 4 members (excludes halogenated alkanes) is 7. The maximum atomic E-state index is 6.19. The Morgan fingerprint density at radius 3 is 1.89 bits per heavy atom. The Bertz CT molecular complexity index is 322. The van der Waals surface area contributed by atoms with Gasteiger partial charge in [-0.3, -0.25) is 0 Å². The lowest BCUT2D eigenvalue weighted by Crippen LogP contribution is -2.40. The molecule has 0 fully saturated rings. The van der Waals surface area contributed by atoms with E-state index in [9.17, 15) is 0 Å². The second kappa shape index (κ2) is 19.0. The average molecular weight is 385 g/mol. The number of allylic oxidation sites excluding steroid dienone is 2. The van der Waals surface area contributed by atoms with Crippen LogP contribution in [-0.4, -0.2) is 31.7 Å². The summed E-state index contributed by atoms with van der Waals surface area (Å²) < 4.78 is 18.4. The summed E-state index contributed by atoms with van der Waals surface area (Å²) >= 11 is 0. The van der Waals surface area contributed by atoms with Gasteiger partial charge in [0.2, 0.25) is 0 Å². The fourth-order valence-corrected chi connectivity index (χ4v) is 3.74. The molecule has 3 heteroatoms. The summed E-state index contributed by atoms with van der Waals surface area (Å²) in [5, 5.41) is 0. The SMILES string of the molecule is C/C=C\CCC(CC(CCCCCCCCCC)(OCC)OCC)OCC. The molecule has 0 aromatic rings. The second-order valence-electron chi connectivity index (χ2n) is 7.43. The van der Waals surface area contributed by atoms with Crippen molar-refractivity contribution < 1.29 is 14.2 Å². The maximum absolute atomic E-state index is 6.19. The van der Waals surface area contributed by atoms with Crippen molar-refractivity contribution in [3.8, 4) is 0 Å². The molecule has 27 heavy (non-hydrogen) atoms. The van der Waals surface area contributed by atoms with Crippen LogP contribution in [0.25, 0.3) is 0 Å². The molecule has 0 radical (unpaired) electrons. The zero-order chi connectivity index (χ0) is 20.2. The first-order chi connectivity index (χ1) is 13.2. The predicted molar refractivity (Wildman–Crippen MR) is 117 cm³/mol. The van der Waals surface area contributed by atoms with Crippen LogP contribution >= 0.6 is 0 Å². The van der Waals surface area contributed by atoms with Crippen LogP contribution in [0.4, 0.5) is 0 Å². The van der Waals surface area contributed by atoms with E-state index in [1.54, 1.807) is 0 Å². The summed E-state index contributed by atoms with van der Waals surface area (Å²) in [5.41, 5.74) is 0. The molecular weight excluding hydrogens is 336 g/mol. The van der Waals surface area contributed by atoms with Crippen LogP contribution in [-0.2, 0) is 14.2 Å². The fourth-order valence-electron chi connectivity index (χ4n) is 3.74. The van der Waals surface area contributed by atoms with Crippen LogP contribution in [0.3, 0.4) is 0 Å². The molecule has 3 nitrogen and oxygen atoms in total. The molecule has 0 aromatic heterocycles. The molecule has 1 atom stereocenters. The minimum atomic E-state index is -0.485. The molecule has 0 amide bonds. The molecule has 1 unspecified atom stereocenters. The Morgan fingerprint density at radius 2 is 1.37 bits per heavy atom. The van der Waals surface area contributed by atoms with Gasteiger partial charge in [0.05, 0.1) is 6.10 Å². The molecular formula is C24H48O3. The zero-order valence-electron chi connectivity index (χ0n) is 19.1. The first-order valence-electron chi connectivity index (χ1n) is 11.7. The van der Waals surface area contributed by atoms with E-state index in [2.05, 4.69) is 46.8 Å². The Morgan fingerprint density at radius 1 is 0.778 bits per heavy atom. The topological polar surface area (TPSA) is 27.7 Å². The van der Waals surface area contributed by atoms with Crippen molar-refractivity contribution in [2.24, 2.45) is 0 Å². The largest absolute Gasteiger partial charge is 0.378 e. The molecule has 0 heterocycles. The van der Waals surface area contributed by atoms with Gasteiger partial charge in [0.25, 0.3) is 0 Å². The molecule has 162 valence electrons. The number of ether oxygens (including phenoxy) is 3. The Kier molecular flexibility index (Phi) is 18.7. The van der Waals surface area contributed by atoms with E-state index in [0.717, 1.165) is 32.3 Å². The molecule has 0 saturated heterocycles. The van der Waals surface area contributed by atoms with Crippen LogP contribution in [0, 0.1) is 0 Å². The van der Waals surface area contributed by atoms with Gasteiger partial charge in [-0.25, -0.2) is 0 Å². The van der Waals surface area contributed by atoms with Crippen molar-refractivity contribution in [2.75, 3.05) is 19.8 Å². The van der Waals surface area contributed by atoms with E-state index in [1.165, 1.54) is 51.4 Å². The minimum absolute atomic E-state index is 0.193. The lowest BCUT2D eigenvalue weighted by molar-refractivity contribution is -0.253. The van der Waals surface area contributed by atoms with E-state index >= 15 is 0 Å². The molecule has 0 aliphatic carbocycles. The van der Waals surface area contributed by atoms with E-state index in [0.29, 0.717) is 13.2 Å². The van der Waals surface area contributed by atoms with Crippen molar-refractivity contribution >= 4 is 0 Å². The monoisotopic (exact) mass is 384 g/mol. The van der Waals surface area contributed by atoms with E-state index in [4.69, 9.17) is 14.2 Å². The molecule has 0 rings (SSSR count). The van der Waals surface area contributed by atoms with Gasteiger partial charge in [-0.15, -0.1) is 0 Å². The third-order valence-corrected chi connectivity index (χ3v) is 5.06. The highest BCUT2D eigenvalue weighted by Crippen LogP contribution is 2.30. The van der Waals surface area contributed by atoms with Crippen molar-refractivity contribution in [3.05, 3.63) is 12.2 Å². The smallest absolute Gasteiger partial charge is 0.170 e. The molecule has 0 spiro atoms. The highest BCUT2D eigenvalue weighted by molar-refractivity contribution is 4.81. The zero-order valence-corrected chi connectivity index (χ0v) is 19.1. The van der Waals surface area contributed by atoms with Gasteiger partial charge >= 0.3 is 0 Å². The van der Waals surface area contributed by atoms with Gasteiger partial charge < -0.3 is 14.2 Å². The van der Waals surface area contributed by atoms with Gasteiger partial charge in [-0.05, 0) is 47.0 Å².